The summed E-state index contributed by atoms with van der Waals surface area (Å²) in [6, 6.07) is -0.461. The Morgan fingerprint density at radius 1 is 1.75 bits per heavy atom. The third-order valence-electron chi connectivity index (χ3n) is 1.57. The maximum Gasteiger partial charge on any atom is 0.238 e. The quantitative estimate of drug-likeness (QED) is 0.594. The van der Waals surface area contributed by atoms with Gasteiger partial charge in [0.15, 0.2) is 0 Å². The van der Waals surface area contributed by atoms with Crippen molar-refractivity contribution in [2.75, 3.05) is 0 Å². The van der Waals surface area contributed by atoms with E-state index < -0.39 is 11.6 Å². The zero-order chi connectivity index (χ0) is 9.78. The van der Waals surface area contributed by atoms with Crippen molar-refractivity contribution in [3.8, 4) is 12.3 Å². The lowest BCUT2D eigenvalue weighted by Gasteiger charge is -2.21. The van der Waals surface area contributed by atoms with Crippen molar-refractivity contribution >= 4 is 5.91 Å². The highest BCUT2D eigenvalue weighted by molar-refractivity contribution is 5.82. The Kier molecular flexibility index (Phi) is 3.78. The fourth-order valence-electron chi connectivity index (χ4n) is 0.622. The largest absolute Gasteiger partial charge is 0.339 e. The fourth-order valence-corrected chi connectivity index (χ4v) is 0.622. The number of hydrogen-bond donors (Lipinski definition) is 2. The maximum absolute atomic E-state index is 11.2. The molecule has 3 heteroatoms. The molecule has 0 rings (SSSR count). The number of amides is 1. The number of hydrogen-bond acceptors (Lipinski definition) is 2. The monoisotopic (exact) mass is 168 g/mol. The zero-order valence-corrected chi connectivity index (χ0v) is 7.85. The van der Waals surface area contributed by atoms with E-state index in [1.54, 1.807) is 13.8 Å². The second-order valence-electron chi connectivity index (χ2n) is 3.27. The molecule has 0 fully saturated rings. The van der Waals surface area contributed by atoms with Crippen LogP contribution in [0.4, 0.5) is 0 Å². The number of nitrogens with one attached hydrogen (secondary N) is 1. The molecule has 0 saturated heterocycles. The summed E-state index contributed by atoms with van der Waals surface area (Å²) in [7, 11) is 0. The van der Waals surface area contributed by atoms with Crippen LogP contribution in [-0.4, -0.2) is 17.5 Å². The molecule has 0 heterocycles. The molecule has 0 aliphatic heterocycles. The first-order valence-electron chi connectivity index (χ1n) is 3.98. The van der Waals surface area contributed by atoms with Crippen molar-refractivity contribution in [1.29, 1.82) is 0 Å². The van der Waals surface area contributed by atoms with Gasteiger partial charge in [0.05, 0.1) is 11.6 Å². The average Bonchev–Trinajstić information content (AvgIpc) is 2.02. The van der Waals surface area contributed by atoms with Crippen molar-refractivity contribution < 1.29 is 4.79 Å². The van der Waals surface area contributed by atoms with Crippen molar-refractivity contribution in [3.63, 3.8) is 0 Å². The van der Waals surface area contributed by atoms with Gasteiger partial charge in [0.25, 0.3) is 0 Å². The van der Waals surface area contributed by atoms with E-state index in [0.29, 0.717) is 6.42 Å². The van der Waals surface area contributed by atoms with Gasteiger partial charge in [-0.1, -0.05) is 12.8 Å². The lowest BCUT2D eigenvalue weighted by atomic mass is 10.1. The molecular formula is C9H16N2O. The van der Waals surface area contributed by atoms with Gasteiger partial charge in [0, 0.05) is 0 Å². The van der Waals surface area contributed by atoms with Crippen molar-refractivity contribution in [3.05, 3.63) is 0 Å². The molecule has 1 amide bonds. The Bertz CT molecular complexity index is 203. The van der Waals surface area contributed by atoms with E-state index >= 15 is 0 Å². The molecule has 0 aromatic heterocycles. The van der Waals surface area contributed by atoms with Gasteiger partial charge < -0.3 is 11.1 Å². The topological polar surface area (TPSA) is 55.1 Å². The zero-order valence-electron chi connectivity index (χ0n) is 7.85. The molecule has 0 aromatic rings. The van der Waals surface area contributed by atoms with Gasteiger partial charge >= 0.3 is 0 Å². The summed E-state index contributed by atoms with van der Waals surface area (Å²) < 4.78 is 0. The molecule has 0 aliphatic rings. The van der Waals surface area contributed by atoms with E-state index in [2.05, 4.69) is 11.2 Å². The Morgan fingerprint density at radius 2 is 2.25 bits per heavy atom. The highest BCUT2D eigenvalue weighted by Gasteiger charge is 2.20. The average molecular weight is 168 g/mol. The minimum absolute atomic E-state index is 0.194. The number of nitrogens with two attached hydrogens (primary N) is 1. The number of rotatable bonds is 3. The molecule has 0 bridgehead atoms. The van der Waals surface area contributed by atoms with E-state index in [1.165, 1.54) is 0 Å². The number of carbonyl (C=O) groups excluding carboxylic acids is 1. The van der Waals surface area contributed by atoms with Crippen LogP contribution in [0.1, 0.15) is 27.2 Å². The van der Waals surface area contributed by atoms with Gasteiger partial charge in [-0.25, -0.2) is 0 Å². The van der Waals surface area contributed by atoms with Crippen LogP contribution in [0.2, 0.25) is 0 Å². The lowest BCUT2D eigenvalue weighted by Crippen LogP contribution is -2.49. The Labute approximate surface area is 73.7 Å². The molecule has 12 heavy (non-hydrogen) atoms. The van der Waals surface area contributed by atoms with E-state index in [9.17, 15) is 4.79 Å². The number of carbonyl (C=O) groups is 1. The second-order valence-corrected chi connectivity index (χ2v) is 3.27. The summed E-state index contributed by atoms with van der Waals surface area (Å²) in [5.41, 5.74) is 4.89. The van der Waals surface area contributed by atoms with Crippen molar-refractivity contribution in [2.24, 2.45) is 5.73 Å². The molecule has 0 aromatic carbocycles. The van der Waals surface area contributed by atoms with Gasteiger partial charge in [-0.3, -0.25) is 4.79 Å². The first-order chi connectivity index (χ1) is 5.43. The smallest absolute Gasteiger partial charge is 0.238 e. The molecule has 1 atom stereocenters. The summed E-state index contributed by atoms with van der Waals surface area (Å²) in [6.45, 7) is 5.37. The van der Waals surface area contributed by atoms with Crippen LogP contribution in [0.25, 0.3) is 0 Å². The molecule has 3 nitrogen and oxygen atoms in total. The van der Waals surface area contributed by atoms with Crippen LogP contribution < -0.4 is 11.1 Å². The third kappa shape index (κ3) is 3.40. The lowest BCUT2D eigenvalue weighted by molar-refractivity contribution is -0.123. The van der Waals surface area contributed by atoms with Crippen LogP contribution in [0.15, 0.2) is 0 Å². The Balaban J connectivity index is 4.12. The summed E-state index contributed by atoms with van der Waals surface area (Å²) in [5.74, 6) is 2.27. The Hall–Kier alpha value is -1.01. The molecule has 3 N–H and O–H groups in total. The summed E-state index contributed by atoms with van der Waals surface area (Å²) in [4.78, 5) is 11.2. The van der Waals surface area contributed by atoms with Crippen LogP contribution in [0.5, 0.6) is 0 Å². The van der Waals surface area contributed by atoms with Gasteiger partial charge in [0.2, 0.25) is 5.91 Å². The first-order valence-corrected chi connectivity index (χ1v) is 3.98. The predicted octanol–water partition coefficient (Wildman–Crippen LogP) is 0.252. The molecule has 0 spiro atoms. The fraction of sp³-hybridized carbons (Fsp3) is 0.667. The van der Waals surface area contributed by atoms with Crippen LogP contribution >= 0.6 is 0 Å². The highest BCUT2D eigenvalue weighted by Crippen LogP contribution is 1.99. The minimum atomic E-state index is -0.607. The van der Waals surface area contributed by atoms with Gasteiger partial charge in [-0.2, -0.15) is 0 Å². The highest BCUT2D eigenvalue weighted by atomic mass is 16.2. The van der Waals surface area contributed by atoms with Crippen LogP contribution in [-0.2, 0) is 4.79 Å². The van der Waals surface area contributed by atoms with E-state index in [0.717, 1.165) is 0 Å². The molecule has 0 unspecified atom stereocenters. The maximum atomic E-state index is 11.2. The van der Waals surface area contributed by atoms with Gasteiger partial charge in [-0.15, -0.1) is 6.42 Å². The summed E-state index contributed by atoms with van der Waals surface area (Å²) >= 11 is 0. The van der Waals surface area contributed by atoms with Crippen molar-refractivity contribution in [2.45, 2.75) is 38.8 Å². The predicted molar refractivity (Wildman–Crippen MR) is 49.3 cm³/mol. The molecular weight excluding hydrogens is 152 g/mol. The van der Waals surface area contributed by atoms with E-state index in [-0.39, 0.29) is 5.91 Å². The molecule has 0 radical (unpaired) electrons. The number of terminal acetylenes is 1. The minimum Gasteiger partial charge on any atom is -0.339 e. The van der Waals surface area contributed by atoms with Crippen molar-refractivity contribution in [1.82, 2.24) is 5.32 Å². The molecule has 68 valence electrons. The SMILES string of the molecule is C#CC(C)(C)NC(=O)[C@H](N)CC. The Morgan fingerprint density at radius 3 is 2.58 bits per heavy atom. The van der Waals surface area contributed by atoms with E-state index in [4.69, 9.17) is 12.2 Å². The molecule has 0 saturated carbocycles. The normalized spacial score (nSPS) is 13.2. The van der Waals surface area contributed by atoms with Crippen LogP contribution in [0, 0.1) is 12.3 Å². The second kappa shape index (κ2) is 4.13. The van der Waals surface area contributed by atoms with Gasteiger partial charge in [-0.05, 0) is 20.3 Å². The standard InChI is InChI=1S/C9H16N2O/c1-5-7(10)8(12)11-9(3,4)6-2/h2,7H,5,10H2,1,3-4H3,(H,11,12)/t7-/m1/s1. The summed E-state index contributed by atoms with van der Waals surface area (Å²) in [6.07, 6.45) is 5.81. The molecule has 0 aliphatic carbocycles. The first kappa shape index (κ1) is 11.0. The van der Waals surface area contributed by atoms with Crippen LogP contribution in [0.3, 0.4) is 0 Å². The van der Waals surface area contributed by atoms with Gasteiger partial charge in [0.1, 0.15) is 0 Å². The third-order valence-corrected chi connectivity index (χ3v) is 1.57. The van der Waals surface area contributed by atoms with E-state index in [1.807, 2.05) is 6.92 Å². The summed E-state index contributed by atoms with van der Waals surface area (Å²) in [5, 5.41) is 2.66.